The van der Waals surface area contributed by atoms with Crippen molar-refractivity contribution >= 4 is 0 Å². The lowest BCUT2D eigenvalue weighted by molar-refractivity contribution is 0.0103. The van der Waals surface area contributed by atoms with Gasteiger partial charge in [0.05, 0.1) is 12.2 Å². The van der Waals surface area contributed by atoms with Gasteiger partial charge < -0.3 is 14.8 Å². The van der Waals surface area contributed by atoms with Crippen molar-refractivity contribution in [3.8, 4) is 0 Å². The normalized spacial score (nSPS) is 36.2. The fraction of sp³-hybridized carbons (Fsp3) is 1.00. The molecular weight excluding hydrogens is 202 g/mol. The largest absolute Gasteiger partial charge is 0.381 e. The molecule has 3 heteroatoms. The lowest BCUT2D eigenvalue weighted by Gasteiger charge is -2.31. The summed E-state index contributed by atoms with van der Waals surface area (Å²) in [5.74, 6) is 0. The first-order valence-electron chi connectivity index (χ1n) is 6.76. The zero-order valence-electron chi connectivity index (χ0n) is 10.4. The zero-order valence-corrected chi connectivity index (χ0v) is 10.4. The molecule has 16 heavy (non-hydrogen) atoms. The van der Waals surface area contributed by atoms with E-state index in [9.17, 15) is 0 Å². The van der Waals surface area contributed by atoms with E-state index in [0.717, 1.165) is 13.2 Å². The van der Waals surface area contributed by atoms with Gasteiger partial charge in [0.1, 0.15) is 0 Å². The third-order valence-corrected chi connectivity index (χ3v) is 3.87. The molecule has 1 saturated carbocycles. The minimum Gasteiger partial charge on any atom is -0.381 e. The minimum absolute atomic E-state index is 0.455. The van der Waals surface area contributed by atoms with Gasteiger partial charge in [0.15, 0.2) is 0 Å². The third kappa shape index (κ3) is 3.72. The van der Waals surface area contributed by atoms with Gasteiger partial charge in [-0.1, -0.05) is 0 Å². The Kier molecular flexibility index (Phi) is 5.07. The van der Waals surface area contributed by atoms with Crippen LogP contribution in [0.3, 0.4) is 0 Å². The van der Waals surface area contributed by atoms with E-state index in [-0.39, 0.29) is 0 Å². The van der Waals surface area contributed by atoms with Crippen molar-refractivity contribution in [3.63, 3.8) is 0 Å². The van der Waals surface area contributed by atoms with E-state index in [1.165, 1.54) is 44.9 Å². The molecule has 94 valence electrons. The van der Waals surface area contributed by atoms with Gasteiger partial charge in [-0.2, -0.15) is 0 Å². The maximum absolute atomic E-state index is 5.73. The predicted molar refractivity (Wildman–Crippen MR) is 64.6 cm³/mol. The van der Waals surface area contributed by atoms with Gasteiger partial charge in [-0.3, -0.25) is 0 Å². The summed E-state index contributed by atoms with van der Waals surface area (Å²) in [5.41, 5.74) is 0. The summed E-state index contributed by atoms with van der Waals surface area (Å²) in [6, 6.07) is 0.643. The summed E-state index contributed by atoms with van der Waals surface area (Å²) in [6.07, 6.45) is 9.72. The lowest BCUT2D eigenvalue weighted by Crippen LogP contribution is -2.41. The first kappa shape index (κ1) is 12.3. The first-order valence-corrected chi connectivity index (χ1v) is 6.76. The van der Waals surface area contributed by atoms with Crippen LogP contribution in [-0.4, -0.2) is 38.5 Å². The van der Waals surface area contributed by atoms with E-state index in [1.807, 2.05) is 7.11 Å². The van der Waals surface area contributed by atoms with Crippen molar-refractivity contribution in [3.05, 3.63) is 0 Å². The number of ether oxygens (including phenoxy) is 2. The van der Waals surface area contributed by atoms with Crippen molar-refractivity contribution in [2.75, 3.05) is 20.3 Å². The van der Waals surface area contributed by atoms with Crippen molar-refractivity contribution in [2.24, 2.45) is 0 Å². The van der Waals surface area contributed by atoms with Crippen LogP contribution in [0.2, 0.25) is 0 Å². The van der Waals surface area contributed by atoms with Crippen molar-refractivity contribution in [1.82, 2.24) is 5.32 Å². The summed E-state index contributed by atoms with van der Waals surface area (Å²) in [6.45, 7) is 1.98. The molecule has 0 aromatic carbocycles. The topological polar surface area (TPSA) is 30.5 Å². The molecule has 0 amide bonds. The molecule has 0 bridgehead atoms. The second-order valence-corrected chi connectivity index (χ2v) is 5.12. The van der Waals surface area contributed by atoms with Crippen LogP contribution in [0.1, 0.15) is 44.9 Å². The molecule has 1 saturated heterocycles. The molecule has 0 spiro atoms. The summed E-state index contributed by atoms with van der Waals surface area (Å²) in [5, 5.41) is 3.65. The summed E-state index contributed by atoms with van der Waals surface area (Å²) < 4.78 is 11.2. The van der Waals surface area contributed by atoms with E-state index in [4.69, 9.17) is 9.47 Å². The van der Waals surface area contributed by atoms with Gasteiger partial charge >= 0.3 is 0 Å². The molecule has 3 atom stereocenters. The molecule has 0 radical (unpaired) electrons. The average molecular weight is 227 g/mol. The van der Waals surface area contributed by atoms with Gasteiger partial charge in [-0.15, -0.1) is 0 Å². The number of methoxy groups -OCH3 is 1. The molecule has 1 aliphatic carbocycles. The van der Waals surface area contributed by atoms with Crippen LogP contribution in [0.15, 0.2) is 0 Å². The predicted octanol–water partition coefficient (Wildman–Crippen LogP) is 2.10. The summed E-state index contributed by atoms with van der Waals surface area (Å²) in [7, 11) is 1.83. The molecule has 2 aliphatic rings. The van der Waals surface area contributed by atoms with Crippen molar-refractivity contribution in [2.45, 2.75) is 63.2 Å². The lowest BCUT2D eigenvalue weighted by atomic mass is 9.92. The minimum atomic E-state index is 0.455. The van der Waals surface area contributed by atoms with Crippen LogP contribution in [-0.2, 0) is 9.47 Å². The maximum atomic E-state index is 5.73. The molecule has 0 aromatic rings. The number of rotatable bonds is 4. The fourth-order valence-corrected chi connectivity index (χ4v) is 2.81. The van der Waals surface area contributed by atoms with Crippen LogP contribution < -0.4 is 5.32 Å². The number of hydrogen-bond acceptors (Lipinski definition) is 3. The summed E-state index contributed by atoms with van der Waals surface area (Å²) >= 11 is 0. The van der Waals surface area contributed by atoms with E-state index in [0.29, 0.717) is 18.2 Å². The SMILES string of the molecule is COC1CCCC(NCC2CCCCO2)C1. The maximum Gasteiger partial charge on any atom is 0.0699 e. The van der Waals surface area contributed by atoms with E-state index in [1.54, 1.807) is 0 Å². The third-order valence-electron chi connectivity index (χ3n) is 3.87. The number of nitrogens with one attached hydrogen (secondary N) is 1. The Morgan fingerprint density at radius 2 is 2.12 bits per heavy atom. The van der Waals surface area contributed by atoms with Gasteiger partial charge in [-0.25, -0.2) is 0 Å². The fourth-order valence-electron chi connectivity index (χ4n) is 2.81. The number of hydrogen-bond donors (Lipinski definition) is 1. The van der Waals surface area contributed by atoms with Crippen LogP contribution in [0.4, 0.5) is 0 Å². The molecule has 1 N–H and O–H groups in total. The van der Waals surface area contributed by atoms with Crippen molar-refractivity contribution < 1.29 is 9.47 Å². The second kappa shape index (κ2) is 6.58. The highest BCUT2D eigenvalue weighted by molar-refractivity contribution is 4.79. The Hall–Kier alpha value is -0.120. The summed E-state index contributed by atoms with van der Waals surface area (Å²) in [4.78, 5) is 0. The van der Waals surface area contributed by atoms with Crippen LogP contribution in [0, 0.1) is 0 Å². The quantitative estimate of drug-likeness (QED) is 0.798. The second-order valence-electron chi connectivity index (χ2n) is 5.12. The molecule has 3 unspecified atom stereocenters. The standard InChI is InChI=1S/C13H25NO2/c1-15-12-7-4-5-11(9-12)14-10-13-6-2-3-8-16-13/h11-14H,2-10H2,1H3. The average Bonchev–Trinajstić information content (AvgIpc) is 2.38. The monoisotopic (exact) mass is 227 g/mol. The van der Waals surface area contributed by atoms with Crippen molar-refractivity contribution in [1.29, 1.82) is 0 Å². The Balaban J connectivity index is 1.64. The molecular formula is C13H25NO2. The Bertz CT molecular complexity index is 192. The van der Waals surface area contributed by atoms with E-state index >= 15 is 0 Å². The van der Waals surface area contributed by atoms with Gasteiger partial charge in [0, 0.05) is 26.3 Å². The molecule has 1 heterocycles. The van der Waals surface area contributed by atoms with Crippen LogP contribution >= 0.6 is 0 Å². The first-order chi connectivity index (χ1) is 7.88. The highest BCUT2D eigenvalue weighted by atomic mass is 16.5. The van der Waals surface area contributed by atoms with Gasteiger partial charge in [-0.05, 0) is 44.9 Å². The zero-order chi connectivity index (χ0) is 11.2. The van der Waals surface area contributed by atoms with Crippen LogP contribution in [0.5, 0.6) is 0 Å². The Labute approximate surface area is 98.9 Å². The Morgan fingerprint density at radius 3 is 2.88 bits per heavy atom. The van der Waals surface area contributed by atoms with E-state index in [2.05, 4.69) is 5.32 Å². The molecule has 2 fully saturated rings. The molecule has 2 rings (SSSR count). The van der Waals surface area contributed by atoms with Gasteiger partial charge in [0.25, 0.3) is 0 Å². The van der Waals surface area contributed by atoms with E-state index < -0.39 is 0 Å². The smallest absolute Gasteiger partial charge is 0.0699 e. The molecule has 1 aliphatic heterocycles. The highest BCUT2D eigenvalue weighted by Crippen LogP contribution is 2.21. The van der Waals surface area contributed by atoms with Gasteiger partial charge in [0.2, 0.25) is 0 Å². The molecule has 0 aromatic heterocycles. The van der Waals surface area contributed by atoms with Crippen LogP contribution in [0.25, 0.3) is 0 Å². The molecule has 3 nitrogen and oxygen atoms in total. The highest BCUT2D eigenvalue weighted by Gasteiger charge is 2.22. The Morgan fingerprint density at radius 1 is 1.19 bits per heavy atom.